The molecule has 1 aromatic rings. The van der Waals surface area contributed by atoms with E-state index in [1.807, 2.05) is 0 Å². The smallest absolute Gasteiger partial charge is 0.253 e. The van der Waals surface area contributed by atoms with Crippen molar-refractivity contribution in [3.8, 4) is 0 Å². The first-order valence-corrected chi connectivity index (χ1v) is 5.93. The third-order valence-corrected chi connectivity index (χ3v) is 3.46. The van der Waals surface area contributed by atoms with Crippen molar-refractivity contribution in [2.24, 2.45) is 5.92 Å². The maximum atomic E-state index is 11.1. The predicted octanol–water partition coefficient (Wildman–Crippen LogP) is 0.0537. The number of H-pyrrole nitrogens is 1. The number of thioether (sulfide) groups is 1. The molecule has 1 aliphatic heterocycles. The maximum absolute atomic E-state index is 11.1. The number of rotatable bonds is 3. The topological polar surface area (TPSA) is 83.8 Å². The Kier molecular flexibility index (Phi) is 3.27. The van der Waals surface area contributed by atoms with Gasteiger partial charge < -0.3 is 16.0 Å². The van der Waals surface area contributed by atoms with Gasteiger partial charge in [-0.3, -0.25) is 4.79 Å². The zero-order chi connectivity index (χ0) is 10.7. The normalized spacial score (nSPS) is 20.7. The van der Waals surface area contributed by atoms with Gasteiger partial charge in [0.05, 0.1) is 0 Å². The van der Waals surface area contributed by atoms with Gasteiger partial charge in [-0.1, -0.05) is 11.8 Å². The van der Waals surface area contributed by atoms with E-state index in [0.29, 0.717) is 11.1 Å². The number of aromatic amines is 1. The van der Waals surface area contributed by atoms with Gasteiger partial charge in [0.2, 0.25) is 0 Å². The fraction of sp³-hybridized carbons (Fsp3) is 0.556. The Morgan fingerprint density at radius 1 is 1.67 bits per heavy atom. The van der Waals surface area contributed by atoms with Gasteiger partial charge in [-0.25, -0.2) is 4.98 Å². The highest BCUT2D eigenvalue weighted by molar-refractivity contribution is 7.99. The number of hydrogen-bond donors (Lipinski definition) is 3. The second-order valence-electron chi connectivity index (χ2n) is 3.65. The molecule has 0 spiro atoms. The molecule has 0 amide bonds. The Bertz CT molecular complexity index is 386. The second-order valence-corrected chi connectivity index (χ2v) is 4.65. The van der Waals surface area contributed by atoms with Gasteiger partial charge >= 0.3 is 0 Å². The van der Waals surface area contributed by atoms with Crippen molar-refractivity contribution in [2.45, 2.75) is 11.6 Å². The molecule has 1 saturated heterocycles. The first-order valence-electron chi connectivity index (χ1n) is 4.94. The Morgan fingerprint density at radius 2 is 2.53 bits per heavy atom. The van der Waals surface area contributed by atoms with Gasteiger partial charge in [0.25, 0.3) is 5.56 Å². The summed E-state index contributed by atoms with van der Waals surface area (Å²) in [7, 11) is 0. The maximum Gasteiger partial charge on any atom is 0.253 e. The number of aromatic nitrogens is 2. The molecule has 0 aromatic carbocycles. The zero-order valence-electron chi connectivity index (χ0n) is 8.32. The molecule has 1 fully saturated rings. The minimum Gasteiger partial charge on any atom is -0.383 e. The van der Waals surface area contributed by atoms with Gasteiger partial charge in [-0.2, -0.15) is 0 Å². The summed E-state index contributed by atoms with van der Waals surface area (Å²) < 4.78 is 0. The van der Waals surface area contributed by atoms with E-state index in [2.05, 4.69) is 15.3 Å². The molecule has 5 nitrogen and oxygen atoms in total. The van der Waals surface area contributed by atoms with E-state index >= 15 is 0 Å². The monoisotopic (exact) mass is 226 g/mol. The zero-order valence-corrected chi connectivity index (χ0v) is 9.14. The number of nitrogens with zero attached hydrogens (tertiary/aromatic N) is 1. The molecule has 4 N–H and O–H groups in total. The molecular weight excluding hydrogens is 212 g/mol. The van der Waals surface area contributed by atoms with Crippen LogP contribution in [0.5, 0.6) is 0 Å². The fourth-order valence-corrected chi connectivity index (χ4v) is 2.60. The quantitative estimate of drug-likeness (QED) is 0.501. The number of hydrogen-bond acceptors (Lipinski definition) is 5. The minimum absolute atomic E-state index is 0.186. The van der Waals surface area contributed by atoms with Crippen LogP contribution in [0.25, 0.3) is 0 Å². The largest absolute Gasteiger partial charge is 0.383 e. The van der Waals surface area contributed by atoms with Gasteiger partial charge in [0, 0.05) is 11.8 Å². The molecule has 0 aliphatic carbocycles. The third kappa shape index (κ3) is 2.97. The predicted molar refractivity (Wildman–Crippen MR) is 61.0 cm³/mol. The lowest BCUT2D eigenvalue weighted by Gasteiger charge is -2.06. The van der Waals surface area contributed by atoms with Gasteiger partial charge in [-0.15, -0.1) is 0 Å². The van der Waals surface area contributed by atoms with E-state index in [1.165, 1.54) is 12.5 Å². The molecule has 82 valence electrons. The molecular formula is C9H14N4OS. The standard InChI is InChI=1S/C9H14N4OS/c10-7-3-8(14)13-9(12-7)15-5-6-1-2-11-4-6/h3,6,11H,1-2,4-5H2,(H3,10,12,13,14). The molecule has 1 atom stereocenters. The van der Waals surface area contributed by atoms with Crippen LogP contribution in [0.15, 0.2) is 16.0 Å². The molecule has 1 aromatic heterocycles. The van der Waals surface area contributed by atoms with Crippen LogP contribution >= 0.6 is 11.8 Å². The van der Waals surface area contributed by atoms with Crippen LogP contribution in [0.4, 0.5) is 5.82 Å². The van der Waals surface area contributed by atoms with Crippen LogP contribution in [-0.2, 0) is 0 Å². The SMILES string of the molecule is Nc1cc(=O)[nH]c(SCC2CCNC2)n1. The van der Waals surface area contributed by atoms with E-state index < -0.39 is 0 Å². The van der Waals surface area contributed by atoms with Crippen LogP contribution < -0.4 is 16.6 Å². The number of nitrogens with two attached hydrogens (primary N) is 1. The molecule has 0 radical (unpaired) electrons. The van der Waals surface area contributed by atoms with Crippen molar-refractivity contribution in [2.75, 3.05) is 24.6 Å². The molecule has 6 heteroatoms. The summed E-state index contributed by atoms with van der Waals surface area (Å²) in [5, 5.41) is 3.92. The van der Waals surface area contributed by atoms with Gasteiger partial charge in [0.15, 0.2) is 5.16 Å². The van der Waals surface area contributed by atoms with Gasteiger partial charge in [-0.05, 0) is 25.4 Å². The molecule has 0 saturated carbocycles. The van der Waals surface area contributed by atoms with Crippen molar-refractivity contribution < 1.29 is 0 Å². The average Bonchev–Trinajstić information content (AvgIpc) is 2.65. The first-order chi connectivity index (χ1) is 7.24. The third-order valence-electron chi connectivity index (χ3n) is 2.36. The summed E-state index contributed by atoms with van der Waals surface area (Å²) in [5.41, 5.74) is 5.30. The van der Waals surface area contributed by atoms with Crippen molar-refractivity contribution in [1.29, 1.82) is 0 Å². The number of anilines is 1. The van der Waals surface area contributed by atoms with E-state index in [-0.39, 0.29) is 11.4 Å². The molecule has 1 unspecified atom stereocenters. The molecule has 15 heavy (non-hydrogen) atoms. The van der Waals surface area contributed by atoms with E-state index in [0.717, 1.165) is 18.8 Å². The van der Waals surface area contributed by atoms with Crippen LogP contribution in [0.2, 0.25) is 0 Å². The highest BCUT2D eigenvalue weighted by Crippen LogP contribution is 2.19. The van der Waals surface area contributed by atoms with Crippen LogP contribution in [-0.4, -0.2) is 28.8 Å². The molecule has 1 aliphatic rings. The summed E-state index contributed by atoms with van der Waals surface area (Å²) in [6.07, 6.45) is 1.19. The summed E-state index contributed by atoms with van der Waals surface area (Å²) in [6, 6.07) is 1.29. The van der Waals surface area contributed by atoms with Crippen molar-refractivity contribution in [3.05, 3.63) is 16.4 Å². The van der Waals surface area contributed by atoms with E-state index in [9.17, 15) is 4.79 Å². The molecule has 2 rings (SSSR count). The molecule has 2 heterocycles. The van der Waals surface area contributed by atoms with Crippen molar-refractivity contribution in [1.82, 2.24) is 15.3 Å². The number of nitrogens with one attached hydrogen (secondary N) is 2. The van der Waals surface area contributed by atoms with Crippen molar-refractivity contribution >= 4 is 17.6 Å². The Morgan fingerprint density at radius 3 is 3.20 bits per heavy atom. The Balaban J connectivity index is 1.95. The summed E-state index contributed by atoms with van der Waals surface area (Å²) in [6.45, 7) is 2.14. The van der Waals surface area contributed by atoms with Gasteiger partial charge in [0.1, 0.15) is 5.82 Å². The summed E-state index contributed by atoms with van der Waals surface area (Å²) in [5.74, 6) is 1.92. The van der Waals surface area contributed by atoms with E-state index in [1.54, 1.807) is 11.8 Å². The van der Waals surface area contributed by atoms with Crippen LogP contribution in [0.1, 0.15) is 6.42 Å². The Labute approximate surface area is 91.9 Å². The fourth-order valence-electron chi connectivity index (χ4n) is 1.58. The second kappa shape index (κ2) is 4.67. The van der Waals surface area contributed by atoms with E-state index in [4.69, 9.17) is 5.73 Å². The van der Waals surface area contributed by atoms with Crippen LogP contribution in [0.3, 0.4) is 0 Å². The Hall–Kier alpha value is -1.01. The molecule has 0 bridgehead atoms. The van der Waals surface area contributed by atoms with Crippen LogP contribution in [0, 0.1) is 5.92 Å². The average molecular weight is 226 g/mol. The highest BCUT2D eigenvalue weighted by Gasteiger charge is 2.14. The minimum atomic E-state index is -0.186. The lowest BCUT2D eigenvalue weighted by Crippen LogP contribution is -2.12. The van der Waals surface area contributed by atoms with Crippen molar-refractivity contribution in [3.63, 3.8) is 0 Å². The first kappa shape index (κ1) is 10.5. The summed E-state index contributed by atoms with van der Waals surface area (Å²) in [4.78, 5) is 17.8. The highest BCUT2D eigenvalue weighted by atomic mass is 32.2. The number of nitrogen functional groups attached to an aromatic ring is 1. The lowest BCUT2D eigenvalue weighted by molar-refractivity contribution is 0.661. The summed E-state index contributed by atoms with van der Waals surface area (Å²) >= 11 is 1.56. The lowest BCUT2D eigenvalue weighted by atomic mass is 10.2.